The van der Waals surface area contributed by atoms with Gasteiger partial charge in [-0.15, -0.1) is 0 Å². The maximum absolute atomic E-state index is 10.8. The Morgan fingerprint density at radius 2 is 2.40 bits per heavy atom. The average Bonchev–Trinajstić information content (AvgIpc) is 2.05. The van der Waals surface area contributed by atoms with Crippen LogP contribution in [0.5, 0.6) is 0 Å². The first-order valence-corrected chi connectivity index (χ1v) is 3.48. The number of carbonyl (C=O) groups is 1. The molecule has 1 aliphatic heterocycles. The Bertz CT molecular complexity index is 121. The topological polar surface area (TPSA) is 55.6 Å². The van der Waals surface area contributed by atoms with Crippen molar-refractivity contribution in [3.05, 3.63) is 0 Å². The van der Waals surface area contributed by atoms with E-state index in [0.717, 1.165) is 12.8 Å². The highest BCUT2D eigenvalue weighted by Crippen LogP contribution is 2.04. The van der Waals surface area contributed by atoms with E-state index < -0.39 is 0 Å². The molecule has 1 heterocycles. The molecule has 1 rings (SSSR count). The minimum atomic E-state index is -0.125. The van der Waals surface area contributed by atoms with E-state index in [2.05, 4.69) is 0 Å². The van der Waals surface area contributed by atoms with Crippen molar-refractivity contribution in [3.8, 4) is 0 Å². The van der Waals surface area contributed by atoms with Crippen LogP contribution in [0.25, 0.3) is 0 Å². The highest BCUT2D eigenvalue weighted by molar-refractivity contribution is 5.76. The Morgan fingerprint density at radius 3 is 2.90 bits per heavy atom. The van der Waals surface area contributed by atoms with Crippen molar-refractivity contribution >= 4 is 5.91 Å². The molecule has 0 bridgehead atoms. The number of hydrogen-bond donors (Lipinski definition) is 1. The van der Waals surface area contributed by atoms with Crippen LogP contribution in [0.4, 0.5) is 0 Å². The molecule has 1 fully saturated rings. The summed E-state index contributed by atoms with van der Waals surface area (Å²) >= 11 is 0. The maximum Gasteiger partial charge on any atom is 0.259 e. The maximum atomic E-state index is 10.8. The minimum absolute atomic E-state index is 0.0417. The molecule has 10 heavy (non-hydrogen) atoms. The summed E-state index contributed by atoms with van der Waals surface area (Å²) in [4.78, 5) is 15.9. The number of nitrogens with zero attached hydrogens (tertiary/aromatic N) is 1. The number of hydroxylamine groups is 2. The Labute approximate surface area is 59.9 Å². The van der Waals surface area contributed by atoms with Gasteiger partial charge in [-0.3, -0.25) is 9.63 Å². The van der Waals surface area contributed by atoms with Crippen LogP contribution in [0.3, 0.4) is 0 Å². The summed E-state index contributed by atoms with van der Waals surface area (Å²) in [6.45, 7) is 1.38. The largest absolute Gasteiger partial charge is 0.322 e. The lowest BCUT2D eigenvalue weighted by Gasteiger charge is -2.25. The van der Waals surface area contributed by atoms with Gasteiger partial charge < -0.3 is 5.73 Å². The lowest BCUT2D eigenvalue weighted by Crippen LogP contribution is -2.39. The smallest absolute Gasteiger partial charge is 0.259 e. The molecule has 4 nitrogen and oxygen atoms in total. The molecule has 0 aromatic carbocycles. The van der Waals surface area contributed by atoms with E-state index in [1.54, 1.807) is 0 Å². The fourth-order valence-electron chi connectivity index (χ4n) is 0.895. The molecule has 0 aromatic rings. The number of carbonyl (C=O) groups excluding carboxylic acids is 1. The van der Waals surface area contributed by atoms with Gasteiger partial charge in [-0.1, -0.05) is 0 Å². The zero-order valence-electron chi connectivity index (χ0n) is 5.88. The lowest BCUT2D eigenvalue weighted by molar-refractivity contribution is -0.195. The lowest BCUT2D eigenvalue weighted by atomic mass is 10.3. The van der Waals surface area contributed by atoms with Gasteiger partial charge in [0.25, 0.3) is 5.91 Å². The summed E-state index contributed by atoms with van der Waals surface area (Å²) in [5, 5.41) is 1.35. The fraction of sp³-hybridized carbons (Fsp3) is 0.833. The van der Waals surface area contributed by atoms with Gasteiger partial charge in [0.2, 0.25) is 0 Å². The van der Waals surface area contributed by atoms with Crippen molar-refractivity contribution in [1.29, 1.82) is 0 Å². The van der Waals surface area contributed by atoms with E-state index in [9.17, 15) is 4.79 Å². The van der Waals surface area contributed by atoms with Crippen LogP contribution in [-0.4, -0.2) is 30.7 Å². The van der Waals surface area contributed by atoms with Crippen molar-refractivity contribution in [2.45, 2.75) is 12.8 Å². The van der Waals surface area contributed by atoms with Gasteiger partial charge in [0, 0.05) is 6.54 Å². The minimum Gasteiger partial charge on any atom is -0.322 e. The van der Waals surface area contributed by atoms with Crippen LogP contribution < -0.4 is 5.73 Å². The van der Waals surface area contributed by atoms with Crippen molar-refractivity contribution < 1.29 is 9.63 Å². The quantitative estimate of drug-likeness (QED) is 0.539. The normalized spacial score (nSPS) is 19.1. The average molecular weight is 144 g/mol. The molecule has 58 valence electrons. The number of rotatable bonds is 1. The molecule has 0 aromatic heterocycles. The Hall–Kier alpha value is -0.610. The fourth-order valence-corrected chi connectivity index (χ4v) is 0.895. The van der Waals surface area contributed by atoms with Crippen molar-refractivity contribution in [3.63, 3.8) is 0 Å². The SMILES string of the molecule is NCC(=O)N1CCCCO1. The van der Waals surface area contributed by atoms with E-state index >= 15 is 0 Å². The first kappa shape index (κ1) is 7.50. The molecular formula is C6H12N2O2. The standard InChI is InChI=1S/C6H12N2O2/c7-5-6(9)8-3-1-2-4-10-8/h1-5,7H2. The monoisotopic (exact) mass is 144 g/mol. The Balaban J connectivity index is 2.31. The summed E-state index contributed by atoms with van der Waals surface area (Å²) in [6, 6.07) is 0. The van der Waals surface area contributed by atoms with E-state index in [-0.39, 0.29) is 12.5 Å². The molecule has 1 amide bonds. The highest BCUT2D eigenvalue weighted by atomic mass is 16.7. The second-order valence-electron chi connectivity index (χ2n) is 2.24. The molecule has 1 aliphatic rings. The van der Waals surface area contributed by atoms with E-state index in [0.29, 0.717) is 13.2 Å². The summed E-state index contributed by atoms with van der Waals surface area (Å²) < 4.78 is 0. The van der Waals surface area contributed by atoms with Crippen LogP contribution in [0.1, 0.15) is 12.8 Å². The van der Waals surface area contributed by atoms with Crippen LogP contribution in [0.15, 0.2) is 0 Å². The zero-order valence-corrected chi connectivity index (χ0v) is 5.88. The van der Waals surface area contributed by atoms with Crippen LogP contribution >= 0.6 is 0 Å². The van der Waals surface area contributed by atoms with Gasteiger partial charge in [-0.05, 0) is 12.8 Å². The van der Waals surface area contributed by atoms with Crippen LogP contribution in [0.2, 0.25) is 0 Å². The third-order valence-electron chi connectivity index (χ3n) is 1.46. The summed E-state index contributed by atoms with van der Waals surface area (Å²) in [6.07, 6.45) is 2.06. The highest BCUT2D eigenvalue weighted by Gasteiger charge is 2.15. The van der Waals surface area contributed by atoms with Gasteiger partial charge >= 0.3 is 0 Å². The van der Waals surface area contributed by atoms with Crippen LogP contribution in [0, 0.1) is 0 Å². The van der Waals surface area contributed by atoms with Crippen molar-refractivity contribution in [2.75, 3.05) is 19.7 Å². The first-order valence-electron chi connectivity index (χ1n) is 3.48. The zero-order chi connectivity index (χ0) is 7.40. The van der Waals surface area contributed by atoms with Gasteiger partial charge in [-0.25, -0.2) is 5.06 Å². The van der Waals surface area contributed by atoms with E-state index in [1.807, 2.05) is 0 Å². The van der Waals surface area contributed by atoms with Gasteiger partial charge in [0.05, 0.1) is 13.2 Å². The third kappa shape index (κ3) is 1.68. The summed E-state index contributed by atoms with van der Waals surface area (Å²) in [5.41, 5.74) is 5.13. The summed E-state index contributed by atoms with van der Waals surface area (Å²) in [5.74, 6) is -0.125. The predicted octanol–water partition coefficient (Wildman–Crippen LogP) is -0.501. The molecule has 1 saturated heterocycles. The molecule has 0 atom stereocenters. The first-order chi connectivity index (χ1) is 4.84. The summed E-state index contributed by atoms with van der Waals surface area (Å²) in [7, 11) is 0. The van der Waals surface area contributed by atoms with E-state index in [4.69, 9.17) is 10.6 Å². The molecule has 0 saturated carbocycles. The molecule has 4 heteroatoms. The molecular weight excluding hydrogens is 132 g/mol. The number of hydrogen-bond acceptors (Lipinski definition) is 3. The van der Waals surface area contributed by atoms with Crippen molar-refractivity contribution in [2.24, 2.45) is 5.73 Å². The number of nitrogens with two attached hydrogens (primary N) is 1. The Kier molecular flexibility index (Phi) is 2.65. The van der Waals surface area contributed by atoms with E-state index in [1.165, 1.54) is 5.06 Å². The molecule has 0 aliphatic carbocycles. The predicted molar refractivity (Wildman–Crippen MR) is 36.0 cm³/mol. The molecule has 0 spiro atoms. The third-order valence-corrected chi connectivity index (χ3v) is 1.46. The molecule has 0 unspecified atom stereocenters. The second-order valence-corrected chi connectivity index (χ2v) is 2.24. The molecule has 2 N–H and O–H groups in total. The van der Waals surface area contributed by atoms with Gasteiger partial charge in [-0.2, -0.15) is 0 Å². The van der Waals surface area contributed by atoms with Gasteiger partial charge in [0.15, 0.2) is 0 Å². The number of amides is 1. The second kappa shape index (κ2) is 3.53. The van der Waals surface area contributed by atoms with Crippen LogP contribution in [-0.2, 0) is 9.63 Å². The van der Waals surface area contributed by atoms with Gasteiger partial charge in [0.1, 0.15) is 0 Å². The van der Waals surface area contributed by atoms with Crippen molar-refractivity contribution in [1.82, 2.24) is 5.06 Å². The molecule has 0 radical (unpaired) electrons. The Morgan fingerprint density at radius 1 is 1.60 bits per heavy atom.